The molecule has 112 valence electrons. The van der Waals surface area contributed by atoms with E-state index in [1.807, 2.05) is 24.3 Å². The number of carbonyl (C=O) groups excluding carboxylic acids is 1. The highest BCUT2D eigenvalue weighted by molar-refractivity contribution is 9.09. The second kappa shape index (κ2) is 9.98. The van der Waals surface area contributed by atoms with Gasteiger partial charge in [-0.25, -0.2) is 0 Å². The molecule has 0 spiro atoms. The quantitative estimate of drug-likeness (QED) is 0.324. The van der Waals surface area contributed by atoms with Crippen LogP contribution < -0.4 is 4.74 Å². The number of benzene rings is 1. The Morgan fingerprint density at radius 1 is 1.15 bits per heavy atom. The molecule has 0 saturated carbocycles. The van der Waals surface area contributed by atoms with Crippen LogP contribution in [0.5, 0.6) is 5.75 Å². The Hall–Kier alpha value is -0.830. The Kier molecular flexibility index (Phi) is 8.59. The van der Waals surface area contributed by atoms with Gasteiger partial charge in [0.2, 0.25) is 0 Å². The van der Waals surface area contributed by atoms with Gasteiger partial charge in [0.05, 0.1) is 7.11 Å². The van der Waals surface area contributed by atoms with Gasteiger partial charge in [-0.2, -0.15) is 0 Å². The second-order valence-corrected chi connectivity index (χ2v) is 6.45. The summed E-state index contributed by atoms with van der Waals surface area (Å²) in [6.07, 6.45) is 8.01. The maximum absolute atomic E-state index is 12.1. The summed E-state index contributed by atoms with van der Waals surface area (Å²) in [7, 11) is 1.63. The fourth-order valence-corrected chi connectivity index (χ4v) is 2.79. The Morgan fingerprint density at radius 2 is 1.80 bits per heavy atom. The Morgan fingerprint density at radius 3 is 2.40 bits per heavy atom. The van der Waals surface area contributed by atoms with Crippen LogP contribution in [0.2, 0.25) is 0 Å². The van der Waals surface area contributed by atoms with Gasteiger partial charge in [-0.05, 0) is 30.7 Å². The van der Waals surface area contributed by atoms with Crippen LogP contribution in [-0.4, -0.2) is 17.7 Å². The third-order valence-corrected chi connectivity index (χ3v) is 4.22. The van der Waals surface area contributed by atoms with Crippen LogP contribution in [0.3, 0.4) is 0 Å². The molecule has 1 atom stereocenters. The molecule has 2 nitrogen and oxygen atoms in total. The number of hydrogen-bond donors (Lipinski definition) is 0. The second-order valence-electron chi connectivity index (χ2n) is 5.16. The van der Waals surface area contributed by atoms with Crippen LogP contribution >= 0.6 is 15.9 Å². The van der Waals surface area contributed by atoms with E-state index in [0.717, 1.165) is 17.7 Å². The topological polar surface area (TPSA) is 26.3 Å². The van der Waals surface area contributed by atoms with E-state index in [9.17, 15) is 4.79 Å². The molecule has 0 saturated heterocycles. The molecule has 1 unspecified atom stereocenters. The van der Waals surface area contributed by atoms with Crippen molar-refractivity contribution in [1.29, 1.82) is 0 Å². The number of Topliss-reactive ketones (excluding diaryl/α,β-unsaturated/α-hetero) is 1. The summed E-state index contributed by atoms with van der Waals surface area (Å²) >= 11 is 3.63. The number of halogens is 1. The van der Waals surface area contributed by atoms with Crippen molar-refractivity contribution in [1.82, 2.24) is 0 Å². The molecular weight excluding hydrogens is 316 g/mol. The Balaban J connectivity index is 2.29. The van der Waals surface area contributed by atoms with Crippen molar-refractivity contribution in [2.24, 2.45) is 0 Å². The number of methoxy groups -OCH3 is 1. The third kappa shape index (κ3) is 6.56. The van der Waals surface area contributed by atoms with Crippen molar-refractivity contribution in [2.75, 3.05) is 7.11 Å². The van der Waals surface area contributed by atoms with E-state index in [1.54, 1.807) is 7.11 Å². The zero-order chi connectivity index (χ0) is 14.8. The van der Waals surface area contributed by atoms with Crippen molar-refractivity contribution >= 4 is 21.7 Å². The van der Waals surface area contributed by atoms with Crippen LogP contribution in [0.15, 0.2) is 24.3 Å². The van der Waals surface area contributed by atoms with Crippen LogP contribution in [0.1, 0.15) is 62.2 Å². The molecule has 0 N–H and O–H groups in total. The Bertz CT molecular complexity index is 386. The minimum absolute atomic E-state index is 0.197. The molecule has 0 radical (unpaired) electrons. The zero-order valence-electron chi connectivity index (χ0n) is 12.5. The van der Waals surface area contributed by atoms with Crippen LogP contribution in [0.25, 0.3) is 0 Å². The van der Waals surface area contributed by atoms with Crippen molar-refractivity contribution in [2.45, 2.75) is 56.7 Å². The number of carbonyl (C=O) groups is 1. The molecule has 0 amide bonds. The summed E-state index contributed by atoms with van der Waals surface area (Å²) in [5.41, 5.74) is 0.765. The SMILES string of the molecule is CCCCCCCC(Br)CC(=O)c1ccc(OC)cc1. The van der Waals surface area contributed by atoms with Crippen LogP contribution in [0, 0.1) is 0 Å². The van der Waals surface area contributed by atoms with Gasteiger partial charge in [0.15, 0.2) is 5.78 Å². The van der Waals surface area contributed by atoms with Crippen molar-refractivity contribution in [3.05, 3.63) is 29.8 Å². The number of ether oxygens (including phenoxy) is 1. The average Bonchev–Trinajstić information content (AvgIpc) is 2.47. The number of ketones is 1. The summed E-state index contributed by atoms with van der Waals surface area (Å²) in [5, 5.41) is 0. The highest BCUT2D eigenvalue weighted by Gasteiger charge is 2.12. The largest absolute Gasteiger partial charge is 0.497 e. The fourth-order valence-electron chi connectivity index (χ4n) is 2.17. The van der Waals surface area contributed by atoms with E-state index in [1.165, 1.54) is 32.1 Å². The predicted molar refractivity (Wildman–Crippen MR) is 88.0 cm³/mol. The first kappa shape index (κ1) is 17.2. The maximum Gasteiger partial charge on any atom is 0.163 e. The van der Waals surface area contributed by atoms with E-state index in [2.05, 4.69) is 22.9 Å². The molecule has 3 heteroatoms. The fraction of sp³-hybridized carbons (Fsp3) is 0.588. The minimum atomic E-state index is 0.197. The highest BCUT2D eigenvalue weighted by Crippen LogP contribution is 2.19. The van der Waals surface area contributed by atoms with Gasteiger partial charge in [-0.15, -0.1) is 0 Å². The monoisotopic (exact) mass is 340 g/mol. The zero-order valence-corrected chi connectivity index (χ0v) is 14.1. The molecule has 0 aliphatic carbocycles. The molecule has 0 aromatic heterocycles. The highest BCUT2D eigenvalue weighted by atomic mass is 79.9. The molecule has 0 aliphatic rings. The van der Waals surface area contributed by atoms with Gasteiger partial charge in [0, 0.05) is 16.8 Å². The van der Waals surface area contributed by atoms with Crippen molar-refractivity contribution < 1.29 is 9.53 Å². The third-order valence-electron chi connectivity index (χ3n) is 3.44. The molecule has 1 aromatic rings. The lowest BCUT2D eigenvalue weighted by Crippen LogP contribution is -2.08. The van der Waals surface area contributed by atoms with E-state index >= 15 is 0 Å². The van der Waals surface area contributed by atoms with E-state index < -0.39 is 0 Å². The molecule has 1 aromatic carbocycles. The summed E-state index contributed by atoms with van der Waals surface area (Å²) in [5.74, 6) is 0.982. The maximum atomic E-state index is 12.1. The number of alkyl halides is 1. The normalized spacial score (nSPS) is 12.2. The van der Waals surface area contributed by atoms with Gasteiger partial charge >= 0.3 is 0 Å². The van der Waals surface area contributed by atoms with Gasteiger partial charge < -0.3 is 4.74 Å². The molecule has 0 aliphatic heterocycles. The summed E-state index contributed by atoms with van der Waals surface area (Å²) < 4.78 is 5.09. The molecule has 1 rings (SSSR count). The van der Waals surface area contributed by atoms with Crippen molar-refractivity contribution in [3.8, 4) is 5.75 Å². The first-order valence-corrected chi connectivity index (χ1v) is 8.40. The summed E-state index contributed by atoms with van der Waals surface area (Å²) in [4.78, 5) is 12.4. The van der Waals surface area contributed by atoms with Crippen LogP contribution in [-0.2, 0) is 0 Å². The summed E-state index contributed by atoms with van der Waals surface area (Å²) in [6.45, 7) is 2.22. The predicted octanol–water partition coefficient (Wildman–Crippen LogP) is 5.39. The first-order chi connectivity index (χ1) is 9.67. The van der Waals surface area contributed by atoms with Gasteiger partial charge in [0.1, 0.15) is 5.75 Å². The molecule has 0 bridgehead atoms. The molecule has 0 heterocycles. The average molecular weight is 341 g/mol. The van der Waals surface area contributed by atoms with Gasteiger partial charge in [-0.3, -0.25) is 4.79 Å². The molecule has 0 fully saturated rings. The molecule has 20 heavy (non-hydrogen) atoms. The number of hydrogen-bond acceptors (Lipinski definition) is 2. The minimum Gasteiger partial charge on any atom is -0.497 e. The van der Waals surface area contributed by atoms with E-state index in [-0.39, 0.29) is 5.78 Å². The van der Waals surface area contributed by atoms with E-state index in [4.69, 9.17) is 4.74 Å². The Labute approximate surface area is 131 Å². The van der Waals surface area contributed by atoms with E-state index in [0.29, 0.717) is 11.2 Å². The molecular formula is C17H25BrO2. The standard InChI is InChI=1S/C17H25BrO2/c1-3-4-5-6-7-8-15(18)13-17(19)14-9-11-16(20-2)12-10-14/h9-12,15H,3-8,13H2,1-2H3. The lowest BCUT2D eigenvalue weighted by Gasteiger charge is -2.09. The smallest absolute Gasteiger partial charge is 0.163 e. The number of unbranched alkanes of at least 4 members (excludes halogenated alkanes) is 4. The summed E-state index contributed by atoms with van der Waals surface area (Å²) in [6, 6.07) is 7.34. The first-order valence-electron chi connectivity index (χ1n) is 7.48. The van der Waals surface area contributed by atoms with Gasteiger partial charge in [0.25, 0.3) is 0 Å². The lowest BCUT2D eigenvalue weighted by molar-refractivity contribution is 0.0981. The van der Waals surface area contributed by atoms with Crippen LogP contribution in [0.4, 0.5) is 0 Å². The lowest BCUT2D eigenvalue weighted by atomic mass is 10.0. The van der Waals surface area contributed by atoms with Crippen molar-refractivity contribution in [3.63, 3.8) is 0 Å². The number of rotatable bonds is 10. The van der Waals surface area contributed by atoms with Gasteiger partial charge in [-0.1, -0.05) is 55.0 Å².